The van der Waals surface area contributed by atoms with Gasteiger partial charge in [0.05, 0.1) is 0 Å². The molecule has 0 saturated carbocycles. The van der Waals surface area contributed by atoms with Crippen molar-refractivity contribution >= 4 is 17.5 Å². The number of anilines is 1. The summed E-state index contributed by atoms with van der Waals surface area (Å²) in [6, 6.07) is 15.3. The van der Waals surface area contributed by atoms with E-state index in [4.69, 9.17) is 5.21 Å². The van der Waals surface area contributed by atoms with E-state index in [-0.39, 0.29) is 11.3 Å². The number of hydrogen-bond acceptors (Lipinski definition) is 3. The molecular formula is C20H20N2O3. The first-order valence-corrected chi connectivity index (χ1v) is 8.52. The molecule has 25 heavy (non-hydrogen) atoms. The second-order valence-corrected chi connectivity index (χ2v) is 7.09. The topological polar surface area (TPSA) is 69.6 Å². The van der Waals surface area contributed by atoms with Gasteiger partial charge in [0.25, 0.3) is 5.91 Å². The molecule has 2 aliphatic rings. The van der Waals surface area contributed by atoms with E-state index in [0.29, 0.717) is 18.5 Å². The summed E-state index contributed by atoms with van der Waals surface area (Å²) in [5.74, 6) is -0.338. The van der Waals surface area contributed by atoms with Gasteiger partial charge in [-0.15, -0.1) is 0 Å². The van der Waals surface area contributed by atoms with Crippen LogP contribution < -0.4 is 10.4 Å². The molecule has 5 nitrogen and oxygen atoms in total. The molecule has 1 heterocycles. The minimum atomic E-state index is -0.504. The highest BCUT2D eigenvalue weighted by molar-refractivity contribution is 5.96. The van der Waals surface area contributed by atoms with Crippen LogP contribution in [0.25, 0.3) is 0 Å². The van der Waals surface area contributed by atoms with Crippen molar-refractivity contribution < 1.29 is 14.8 Å². The Hall–Kier alpha value is -2.66. The molecule has 2 aromatic rings. The van der Waals surface area contributed by atoms with Gasteiger partial charge in [0.1, 0.15) is 0 Å². The van der Waals surface area contributed by atoms with E-state index < -0.39 is 5.91 Å². The highest BCUT2D eigenvalue weighted by atomic mass is 16.5. The van der Waals surface area contributed by atoms with Crippen molar-refractivity contribution in [1.29, 1.82) is 0 Å². The van der Waals surface area contributed by atoms with Crippen molar-refractivity contribution in [2.75, 3.05) is 11.4 Å². The zero-order chi connectivity index (χ0) is 17.4. The molecule has 1 saturated heterocycles. The van der Waals surface area contributed by atoms with Crippen LogP contribution >= 0.6 is 0 Å². The number of nitrogens with one attached hydrogen (secondary N) is 1. The second-order valence-electron chi connectivity index (χ2n) is 7.09. The highest BCUT2D eigenvalue weighted by Gasteiger charge is 2.45. The van der Waals surface area contributed by atoms with Gasteiger partial charge in [-0.1, -0.05) is 24.3 Å². The van der Waals surface area contributed by atoms with Crippen molar-refractivity contribution in [3.05, 3.63) is 65.2 Å². The minimum absolute atomic E-state index is 0.0752. The molecule has 2 amide bonds. The van der Waals surface area contributed by atoms with E-state index in [9.17, 15) is 9.59 Å². The molecule has 1 fully saturated rings. The maximum absolute atomic E-state index is 12.6. The number of aryl methyl sites for hydroxylation is 1. The predicted molar refractivity (Wildman–Crippen MR) is 93.6 cm³/mol. The standard InChI is InChI=1S/C20H20N2O3/c23-18-12-20(13-22(18)17-4-2-1-3-5-17)9-8-14-6-7-15(19(24)21-25)10-16(14)11-20/h1-7,10,25H,8-9,11-13H2,(H,21,24). The lowest BCUT2D eigenvalue weighted by molar-refractivity contribution is -0.117. The summed E-state index contributed by atoms with van der Waals surface area (Å²) >= 11 is 0. The van der Waals surface area contributed by atoms with Crippen molar-refractivity contribution in [1.82, 2.24) is 5.48 Å². The number of carbonyl (C=O) groups is 2. The van der Waals surface area contributed by atoms with Crippen LogP contribution in [0.2, 0.25) is 0 Å². The van der Waals surface area contributed by atoms with Crippen molar-refractivity contribution in [2.45, 2.75) is 25.7 Å². The minimum Gasteiger partial charge on any atom is -0.312 e. The molecule has 1 aliphatic carbocycles. The third-order valence-electron chi connectivity index (χ3n) is 5.45. The Morgan fingerprint density at radius 2 is 1.88 bits per heavy atom. The van der Waals surface area contributed by atoms with Gasteiger partial charge in [0, 0.05) is 29.6 Å². The third-order valence-corrected chi connectivity index (χ3v) is 5.45. The molecule has 1 unspecified atom stereocenters. The third kappa shape index (κ3) is 2.81. The van der Waals surface area contributed by atoms with Crippen LogP contribution in [0, 0.1) is 5.41 Å². The lowest BCUT2D eigenvalue weighted by Gasteiger charge is -2.34. The van der Waals surface area contributed by atoms with E-state index >= 15 is 0 Å². The number of hydroxylamine groups is 1. The Morgan fingerprint density at radius 1 is 1.08 bits per heavy atom. The highest BCUT2D eigenvalue weighted by Crippen LogP contribution is 2.44. The number of fused-ring (bicyclic) bond motifs is 1. The maximum Gasteiger partial charge on any atom is 0.274 e. The summed E-state index contributed by atoms with van der Waals surface area (Å²) in [6.45, 7) is 0.714. The van der Waals surface area contributed by atoms with Crippen LogP contribution in [0.1, 0.15) is 34.3 Å². The lowest BCUT2D eigenvalue weighted by atomic mass is 9.70. The number of nitrogens with zero attached hydrogens (tertiary/aromatic N) is 1. The van der Waals surface area contributed by atoms with Crippen LogP contribution in [-0.4, -0.2) is 23.6 Å². The van der Waals surface area contributed by atoms with Gasteiger partial charge in [0.15, 0.2) is 0 Å². The summed E-state index contributed by atoms with van der Waals surface area (Å²) in [5.41, 5.74) is 5.34. The summed E-state index contributed by atoms with van der Waals surface area (Å²) in [6.07, 6.45) is 3.20. The fourth-order valence-electron chi connectivity index (χ4n) is 4.16. The number of para-hydroxylation sites is 1. The number of benzene rings is 2. The Labute approximate surface area is 146 Å². The van der Waals surface area contributed by atoms with Crippen LogP contribution in [-0.2, 0) is 17.6 Å². The summed E-state index contributed by atoms with van der Waals surface area (Å²) in [4.78, 5) is 26.2. The van der Waals surface area contributed by atoms with E-state index in [1.807, 2.05) is 47.4 Å². The largest absolute Gasteiger partial charge is 0.312 e. The van der Waals surface area contributed by atoms with Crippen molar-refractivity contribution in [3.63, 3.8) is 0 Å². The molecule has 128 valence electrons. The predicted octanol–water partition coefficient (Wildman–Crippen LogP) is 2.72. The van der Waals surface area contributed by atoms with Gasteiger partial charge >= 0.3 is 0 Å². The molecule has 2 N–H and O–H groups in total. The van der Waals surface area contributed by atoms with Gasteiger partial charge in [0.2, 0.25) is 5.91 Å². The fraction of sp³-hybridized carbons (Fsp3) is 0.300. The molecule has 1 aliphatic heterocycles. The van der Waals surface area contributed by atoms with Crippen LogP contribution in [0.3, 0.4) is 0 Å². The monoisotopic (exact) mass is 336 g/mol. The molecule has 1 atom stereocenters. The maximum atomic E-state index is 12.6. The van der Waals surface area contributed by atoms with Crippen LogP contribution in [0.15, 0.2) is 48.5 Å². The second kappa shape index (κ2) is 6.01. The molecule has 0 aromatic heterocycles. The molecule has 4 rings (SSSR count). The first-order valence-electron chi connectivity index (χ1n) is 8.52. The van der Waals surface area contributed by atoms with E-state index in [1.165, 1.54) is 5.56 Å². The summed E-state index contributed by atoms with van der Waals surface area (Å²) in [5, 5.41) is 8.84. The molecule has 0 bridgehead atoms. The van der Waals surface area contributed by atoms with E-state index in [0.717, 1.165) is 30.5 Å². The molecule has 1 spiro atoms. The van der Waals surface area contributed by atoms with Crippen LogP contribution in [0.5, 0.6) is 0 Å². The molecular weight excluding hydrogens is 316 g/mol. The average Bonchev–Trinajstić information content (AvgIpc) is 2.96. The Balaban J connectivity index is 1.61. The van der Waals surface area contributed by atoms with Gasteiger partial charge in [-0.3, -0.25) is 14.8 Å². The first kappa shape index (κ1) is 15.8. The first-order chi connectivity index (χ1) is 12.1. The SMILES string of the molecule is O=C(NO)c1ccc2c(c1)CC1(CC2)CC(=O)N(c2ccccc2)C1. The number of hydrogen-bond donors (Lipinski definition) is 2. The van der Waals surface area contributed by atoms with Gasteiger partial charge in [-0.25, -0.2) is 5.48 Å². The normalized spacial score (nSPS) is 22.1. The smallest absolute Gasteiger partial charge is 0.274 e. The van der Waals surface area contributed by atoms with E-state index in [2.05, 4.69) is 0 Å². The fourth-order valence-corrected chi connectivity index (χ4v) is 4.16. The van der Waals surface area contributed by atoms with E-state index in [1.54, 1.807) is 11.5 Å². The Morgan fingerprint density at radius 3 is 2.64 bits per heavy atom. The van der Waals surface area contributed by atoms with Crippen molar-refractivity contribution in [2.24, 2.45) is 5.41 Å². The Kier molecular flexibility index (Phi) is 3.81. The Bertz CT molecular complexity index is 834. The summed E-state index contributed by atoms with van der Waals surface area (Å²) < 4.78 is 0. The van der Waals surface area contributed by atoms with Gasteiger partial charge in [-0.2, -0.15) is 0 Å². The number of amides is 2. The molecule has 5 heteroatoms. The lowest BCUT2D eigenvalue weighted by Crippen LogP contribution is -2.33. The quantitative estimate of drug-likeness (QED) is 0.654. The van der Waals surface area contributed by atoms with Crippen molar-refractivity contribution in [3.8, 4) is 0 Å². The number of rotatable bonds is 2. The summed E-state index contributed by atoms with van der Waals surface area (Å²) in [7, 11) is 0. The zero-order valence-electron chi connectivity index (χ0n) is 13.9. The van der Waals surface area contributed by atoms with Crippen LogP contribution in [0.4, 0.5) is 5.69 Å². The number of carbonyl (C=O) groups excluding carboxylic acids is 2. The van der Waals surface area contributed by atoms with Gasteiger partial charge < -0.3 is 4.90 Å². The van der Waals surface area contributed by atoms with Gasteiger partial charge in [-0.05, 0) is 54.7 Å². The molecule has 0 radical (unpaired) electrons. The average molecular weight is 336 g/mol. The molecule has 2 aromatic carbocycles. The zero-order valence-corrected chi connectivity index (χ0v) is 13.9.